The molecule has 7 nitrogen and oxygen atoms in total. The zero-order valence-electron chi connectivity index (χ0n) is 11.8. The summed E-state index contributed by atoms with van der Waals surface area (Å²) in [5.41, 5.74) is 3.27. The fourth-order valence-electron chi connectivity index (χ4n) is 2.59. The van der Waals surface area contributed by atoms with Crippen LogP contribution in [0.15, 0.2) is 21.7 Å². The Balaban J connectivity index is 1.99. The number of aromatic amines is 2. The number of fused-ring (bicyclic) bond motifs is 1. The summed E-state index contributed by atoms with van der Waals surface area (Å²) in [4.78, 5) is 40.5. The van der Waals surface area contributed by atoms with Crippen molar-refractivity contribution in [1.82, 2.24) is 14.9 Å². The number of benzene rings is 1. The number of anilines is 1. The number of rotatable bonds is 1. The molecule has 0 unspecified atom stereocenters. The van der Waals surface area contributed by atoms with Gasteiger partial charge in [-0.25, -0.2) is 13.6 Å². The van der Waals surface area contributed by atoms with Gasteiger partial charge < -0.3 is 15.6 Å². The molecule has 0 radical (unpaired) electrons. The lowest BCUT2D eigenvalue weighted by Gasteiger charge is -2.29. The second kappa shape index (κ2) is 5.34. The third-order valence-electron chi connectivity index (χ3n) is 3.78. The van der Waals surface area contributed by atoms with E-state index in [4.69, 9.17) is 5.73 Å². The number of carbonyl (C=O) groups is 1. The van der Waals surface area contributed by atoms with E-state index in [2.05, 4.69) is 4.98 Å². The van der Waals surface area contributed by atoms with Gasteiger partial charge >= 0.3 is 5.69 Å². The Morgan fingerprint density at radius 3 is 2.48 bits per heavy atom. The number of amides is 1. The van der Waals surface area contributed by atoms with Gasteiger partial charge in [-0.05, 0) is 24.1 Å². The molecule has 0 bridgehead atoms. The molecule has 1 aliphatic rings. The highest BCUT2D eigenvalue weighted by atomic mass is 19.1. The van der Waals surface area contributed by atoms with Gasteiger partial charge in [0.25, 0.3) is 11.5 Å². The number of hydrogen-bond donors (Lipinski definition) is 3. The standard InChI is InChI=1S/C14H12F2N4O3/c15-8-1-2-9(16)7-5-20(4-3-6(7)8)13(22)11-10(17)12(21)19-14(23)18-11/h1-2H,3-5,17H2,(H2,18,19,21,23). The van der Waals surface area contributed by atoms with Crippen LogP contribution in [0.25, 0.3) is 0 Å². The van der Waals surface area contributed by atoms with Crippen LogP contribution in [-0.2, 0) is 13.0 Å². The monoisotopic (exact) mass is 322 g/mol. The molecule has 2 aromatic rings. The number of halogens is 2. The summed E-state index contributed by atoms with van der Waals surface area (Å²) in [7, 11) is 0. The number of nitrogen functional groups attached to an aromatic ring is 1. The highest BCUT2D eigenvalue weighted by molar-refractivity contribution is 5.96. The second-order valence-corrected chi connectivity index (χ2v) is 5.16. The summed E-state index contributed by atoms with van der Waals surface area (Å²) in [6.07, 6.45) is 0.123. The molecule has 1 aliphatic heterocycles. The largest absolute Gasteiger partial charge is 0.392 e. The quantitative estimate of drug-likeness (QED) is 0.692. The zero-order chi connectivity index (χ0) is 16.7. The lowest BCUT2D eigenvalue weighted by molar-refractivity contribution is 0.0725. The summed E-state index contributed by atoms with van der Waals surface area (Å²) in [5.74, 6) is -1.87. The molecule has 1 aromatic heterocycles. The van der Waals surface area contributed by atoms with Crippen LogP contribution in [0.5, 0.6) is 0 Å². The van der Waals surface area contributed by atoms with Crippen molar-refractivity contribution in [3.05, 3.63) is 61.4 Å². The van der Waals surface area contributed by atoms with Crippen molar-refractivity contribution >= 4 is 11.6 Å². The van der Waals surface area contributed by atoms with Gasteiger partial charge in [0, 0.05) is 18.7 Å². The molecule has 0 saturated heterocycles. The molecular formula is C14H12F2N4O3. The summed E-state index contributed by atoms with van der Waals surface area (Å²) in [6.45, 7) is -0.0630. The van der Waals surface area contributed by atoms with E-state index in [-0.39, 0.29) is 36.3 Å². The molecule has 0 aliphatic carbocycles. The molecule has 23 heavy (non-hydrogen) atoms. The minimum Gasteiger partial charge on any atom is -0.392 e. The lowest BCUT2D eigenvalue weighted by Crippen LogP contribution is -2.40. The Bertz CT molecular complexity index is 919. The molecule has 4 N–H and O–H groups in total. The Kier molecular flexibility index (Phi) is 3.47. The van der Waals surface area contributed by atoms with E-state index in [1.807, 2.05) is 4.98 Å². The van der Waals surface area contributed by atoms with Crippen molar-refractivity contribution in [3.63, 3.8) is 0 Å². The smallest absolute Gasteiger partial charge is 0.326 e. The summed E-state index contributed by atoms with van der Waals surface area (Å²) >= 11 is 0. The lowest BCUT2D eigenvalue weighted by atomic mass is 9.98. The van der Waals surface area contributed by atoms with Crippen molar-refractivity contribution < 1.29 is 13.6 Å². The first-order valence-corrected chi connectivity index (χ1v) is 6.75. The number of hydrogen-bond acceptors (Lipinski definition) is 4. The van der Waals surface area contributed by atoms with Crippen LogP contribution >= 0.6 is 0 Å². The van der Waals surface area contributed by atoms with Crippen LogP contribution in [0.2, 0.25) is 0 Å². The Labute approximate surface area is 127 Å². The maximum Gasteiger partial charge on any atom is 0.326 e. The minimum atomic E-state index is -0.883. The van der Waals surface area contributed by atoms with E-state index < -0.39 is 34.5 Å². The Morgan fingerprint density at radius 2 is 1.78 bits per heavy atom. The van der Waals surface area contributed by atoms with E-state index in [1.54, 1.807) is 0 Å². The van der Waals surface area contributed by atoms with Crippen molar-refractivity contribution in [2.75, 3.05) is 12.3 Å². The highest BCUT2D eigenvalue weighted by Crippen LogP contribution is 2.25. The first-order chi connectivity index (χ1) is 10.9. The molecule has 2 heterocycles. The van der Waals surface area contributed by atoms with Crippen molar-refractivity contribution in [1.29, 1.82) is 0 Å². The van der Waals surface area contributed by atoms with Crippen molar-refractivity contribution in [2.45, 2.75) is 13.0 Å². The van der Waals surface area contributed by atoms with Gasteiger partial charge in [-0.2, -0.15) is 0 Å². The predicted octanol–water partition coefficient (Wildman–Crippen LogP) is 0.122. The number of nitrogens with two attached hydrogens (primary N) is 1. The van der Waals surface area contributed by atoms with E-state index >= 15 is 0 Å². The van der Waals surface area contributed by atoms with Crippen LogP contribution < -0.4 is 17.0 Å². The van der Waals surface area contributed by atoms with Gasteiger partial charge in [-0.15, -0.1) is 0 Å². The van der Waals surface area contributed by atoms with Crippen LogP contribution in [0, 0.1) is 11.6 Å². The van der Waals surface area contributed by atoms with Crippen LogP contribution in [0.4, 0.5) is 14.5 Å². The molecule has 0 fully saturated rings. The topological polar surface area (TPSA) is 112 Å². The molecule has 9 heteroatoms. The fraction of sp³-hybridized carbons (Fsp3) is 0.214. The minimum absolute atomic E-state index is 0.0790. The fourth-order valence-corrected chi connectivity index (χ4v) is 2.59. The summed E-state index contributed by atoms with van der Waals surface area (Å²) in [5, 5.41) is 0. The van der Waals surface area contributed by atoms with E-state index in [9.17, 15) is 23.2 Å². The van der Waals surface area contributed by atoms with Gasteiger partial charge in [0.1, 0.15) is 23.0 Å². The van der Waals surface area contributed by atoms with Gasteiger partial charge in [0.15, 0.2) is 0 Å². The number of nitrogens with one attached hydrogen (secondary N) is 2. The number of aromatic nitrogens is 2. The number of H-pyrrole nitrogens is 2. The molecule has 0 spiro atoms. The molecule has 3 rings (SSSR count). The third kappa shape index (κ3) is 2.50. The van der Waals surface area contributed by atoms with Gasteiger partial charge in [0.2, 0.25) is 0 Å². The van der Waals surface area contributed by atoms with E-state index in [1.165, 1.54) is 4.90 Å². The second-order valence-electron chi connectivity index (χ2n) is 5.16. The molecule has 0 saturated carbocycles. The molecule has 0 atom stereocenters. The van der Waals surface area contributed by atoms with Crippen LogP contribution in [0.1, 0.15) is 21.6 Å². The SMILES string of the molecule is Nc1c(C(=O)N2CCc3c(F)ccc(F)c3C2)[nH]c(=O)[nH]c1=O. The number of nitrogens with zero attached hydrogens (tertiary/aromatic N) is 1. The van der Waals surface area contributed by atoms with Gasteiger partial charge in [-0.1, -0.05) is 0 Å². The summed E-state index contributed by atoms with van der Waals surface area (Å²) in [6, 6.07) is 2.03. The first kappa shape index (κ1) is 14.9. The maximum atomic E-state index is 13.9. The Morgan fingerprint density at radius 1 is 1.13 bits per heavy atom. The average molecular weight is 322 g/mol. The predicted molar refractivity (Wildman–Crippen MR) is 76.9 cm³/mol. The first-order valence-electron chi connectivity index (χ1n) is 6.75. The van der Waals surface area contributed by atoms with E-state index in [0.29, 0.717) is 0 Å². The molecular weight excluding hydrogens is 310 g/mol. The van der Waals surface area contributed by atoms with Gasteiger partial charge in [0.05, 0.1) is 0 Å². The van der Waals surface area contributed by atoms with Crippen LogP contribution in [-0.4, -0.2) is 27.3 Å². The molecule has 1 aromatic carbocycles. The Hall–Kier alpha value is -2.97. The van der Waals surface area contributed by atoms with Crippen LogP contribution in [0.3, 0.4) is 0 Å². The normalized spacial score (nSPS) is 13.7. The molecule has 1 amide bonds. The summed E-state index contributed by atoms with van der Waals surface area (Å²) < 4.78 is 27.5. The van der Waals surface area contributed by atoms with Gasteiger partial charge in [-0.3, -0.25) is 14.6 Å². The molecule has 120 valence electrons. The average Bonchev–Trinajstić information content (AvgIpc) is 2.53. The zero-order valence-corrected chi connectivity index (χ0v) is 11.8. The number of carbonyl (C=O) groups excluding carboxylic acids is 1. The third-order valence-corrected chi connectivity index (χ3v) is 3.78. The van der Waals surface area contributed by atoms with E-state index in [0.717, 1.165) is 12.1 Å². The van der Waals surface area contributed by atoms with Crippen molar-refractivity contribution in [2.24, 2.45) is 0 Å². The van der Waals surface area contributed by atoms with Crippen molar-refractivity contribution in [3.8, 4) is 0 Å². The maximum absolute atomic E-state index is 13.9. The highest BCUT2D eigenvalue weighted by Gasteiger charge is 2.28.